The first-order chi connectivity index (χ1) is 9.94. The van der Waals surface area contributed by atoms with Gasteiger partial charge in [0.2, 0.25) is 5.91 Å². The summed E-state index contributed by atoms with van der Waals surface area (Å²) in [6, 6.07) is 1.43. The van der Waals surface area contributed by atoms with Crippen molar-refractivity contribution in [3.05, 3.63) is 0 Å². The van der Waals surface area contributed by atoms with Gasteiger partial charge in [0.15, 0.2) is 0 Å². The first-order valence-electron chi connectivity index (χ1n) is 8.78. The zero-order chi connectivity index (χ0) is 15.5. The Labute approximate surface area is 129 Å². The van der Waals surface area contributed by atoms with Crippen LogP contribution < -0.4 is 11.1 Å². The van der Waals surface area contributed by atoms with Crippen LogP contribution in [0.5, 0.6) is 0 Å². The van der Waals surface area contributed by atoms with Crippen LogP contribution in [-0.4, -0.2) is 41.0 Å². The molecule has 0 radical (unpaired) electrons. The van der Waals surface area contributed by atoms with Crippen molar-refractivity contribution in [1.29, 1.82) is 0 Å². The Hall–Kier alpha value is -0.610. The first-order valence-corrected chi connectivity index (χ1v) is 8.78. The van der Waals surface area contributed by atoms with E-state index in [0.717, 1.165) is 19.3 Å². The van der Waals surface area contributed by atoms with E-state index >= 15 is 0 Å². The van der Waals surface area contributed by atoms with Crippen LogP contribution in [0, 0.1) is 0 Å². The number of nitrogens with one attached hydrogen (secondary N) is 1. The molecule has 1 aliphatic carbocycles. The molecule has 0 aromatic carbocycles. The summed E-state index contributed by atoms with van der Waals surface area (Å²) in [7, 11) is 0. The molecule has 0 bridgehead atoms. The van der Waals surface area contributed by atoms with Crippen LogP contribution in [0.2, 0.25) is 0 Å². The molecule has 1 amide bonds. The van der Waals surface area contributed by atoms with Crippen molar-refractivity contribution in [2.45, 2.75) is 95.8 Å². The molecule has 2 rings (SSSR count). The van der Waals surface area contributed by atoms with Crippen molar-refractivity contribution in [1.82, 2.24) is 10.2 Å². The minimum Gasteiger partial charge on any atom is -0.368 e. The highest BCUT2D eigenvalue weighted by molar-refractivity contribution is 5.85. The number of hydrogen-bond donors (Lipinski definition) is 2. The second kappa shape index (κ2) is 7.10. The standard InChI is InChI=1S/C17H33N3O/c1-13(2)19-17(16(18)21)10-7-9-15(12-17)20-11-6-4-5-8-14(20)3/h13-15,19H,4-12H2,1-3H3,(H2,18,21). The molecule has 3 N–H and O–H groups in total. The summed E-state index contributed by atoms with van der Waals surface area (Å²) in [6.45, 7) is 7.73. The molecule has 2 aliphatic rings. The van der Waals surface area contributed by atoms with E-state index in [2.05, 4.69) is 31.0 Å². The van der Waals surface area contributed by atoms with E-state index in [1.807, 2.05) is 0 Å². The van der Waals surface area contributed by atoms with E-state index in [1.165, 1.54) is 38.6 Å². The monoisotopic (exact) mass is 295 g/mol. The molecule has 1 heterocycles. The number of rotatable bonds is 4. The lowest BCUT2D eigenvalue weighted by Gasteiger charge is -2.46. The van der Waals surface area contributed by atoms with Gasteiger partial charge in [0, 0.05) is 18.1 Å². The minimum absolute atomic E-state index is 0.164. The van der Waals surface area contributed by atoms with Crippen molar-refractivity contribution in [3.8, 4) is 0 Å². The Kier molecular flexibility index (Phi) is 5.67. The highest BCUT2D eigenvalue weighted by Gasteiger charge is 2.43. The molecule has 3 unspecified atom stereocenters. The normalized spacial score (nSPS) is 35.6. The van der Waals surface area contributed by atoms with Gasteiger partial charge in [-0.15, -0.1) is 0 Å². The number of hydrogen-bond acceptors (Lipinski definition) is 3. The Morgan fingerprint density at radius 2 is 2.00 bits per heavy atom. The molecule has 3 atom stereocenters. The summed E-state index contributed by atoms with van der Waals surface area (Å²) in [5.74, 6) is -0.164. The predicted octanol–water partition coefficient (Wildman–Crippen LogP) is 2.42. The summed E-state index contributed by atoms with van der Waals surface area (Å²) in [5.41, 5.74) is 5.29. The maximum Gasteiger partial charge on any atom is 0.237 e. The summed E-state index contributed by atoms with van der Waals surface area (Å²) < 4.78 is 0. The van der Waals surface area contributed by atoms with Gasteiger partial charge < -0.3 is 11.1 Å². The second-order valence-corrected chi connectivity index (χ2v) is 7.43. The van der Waals surface area contributed by atoms with E-state index in [9.17, 15) is 4.79 Å². The number of nitrogens with zero attached hydrogens (tertiary/aromatic N) is 1. The van der Waals surface area contributed by atoms with Gasteiger partial charge in [0.1, 0.15) is 0 Å². The van der Waals surface area contributed by atoms with Crippen LogP contribution in [0.25, 0.3) is 0 Å². The topological polar surface area (TPSA) is 58.4 Å². The second-order valence-electron chi connectivity index (χ2n) is 7.43. The zero-order valence-corrected chi connectivity index (χ0v) is 14.0. The van der Waals surface area contributed by atoms with E-state index in [4.69, 9.17) is 5.73 Å². The van der Waals surface area contributed by atoms with E-state index in [1.54, 1.807) is 0 Å². The van der Waals surface area contributed by atoms with Crippen molar-refractivity contribution in [2.75, 3.05) is 6.54 Å². The highest BCUT2D eigenvalue weighted by Crippen LogP contribution is 2.34. The lowest BCUT2D eigenvalue weighted by Crippen LogP contribution is -2.62. The van der Waals surface area contributed by atoms with Gasteiger partial charge in [-0.2, -0.15) is 0 Å². The third-order valence-electron chi connectivity index (χ3n) is 5.34. The predicted molar refractivity (Wildman–Crippen MR) is 87.1 cm³/mol. The molecule has 0 aromatic heterocycles. The minimum atomic E-state index is -0.497. The SMILES string of the molecule is CC(C)NC1(C(N)=O)CCCC(N2CCCCCC2C)C1. The molecule has 122 valence electrons. The largest absolute Gasteiger partial charge is 0.368 e. The van der Waals surface area contributed by atoms with Crippen molar-refractivity contribution in [2.24, 2.45) is 5.73 Å². The van der Waals surface area contributed by atoms with Crippen LogP contribution in [0.15, 0.2) is 0 Å². The number of likely N-dealkylation sites (tertiary alicyclic amines) is 1. The molecule has 2 fully saturated rings. The third-order valence-corrected chi connectivity index (χ3v) is 5.34. The highest BCUT2D eigenvalue weighted by atomic mass is 16.1. The van der Waals surface area contributed by atoms with Gasteiger partial charge in [-0.25, -0.2) is 0 Å². The number of primary amides is 1. The fourth-order valence-electron chi connectivity index (χ4n) is 4.35. The van der Waals surface area contributed by atoms with Crippen molar-refractivity contribution in [3.63, 3.8) is 0 Å². The molecule has 1 saturated carbocycles. The van der Waals surface area contributed by atoms with Crippen LogP contribution in [0.3, 0.4) is 0 Å². The fourth-order valence-corrected chi connectivity index (χ4v) is 4.35. The third kappa shape index (κ3) is 3.98. The van der Waals surface area contributed by atoms with Crippen LogP contribution in [-0.2, 0) is 4.79 Å². The Morgan fingerprint density at radius 3 is 2.67 bits per heavy atom. The molecule has 0 aromatic rings. The van der Waals surface area contributed by atoms with Crippen molar-refractivity contribution >= 4 is 5.91 Å². The summed E-state index contributed by atoms with van der Waals surface area (Å²) in [5, 5.41) is 3.49. The van der Waals surface area contributed by atoms with Gasteiger partial charge in [-0.05, 0) is 65.8 Å². The maximum atomic E-state index is 12.1. The maximum absolute atomic E-state index is 12.1. The lowest BCUT2D eigenvalue weighted by molar-refractivity contribution is -0.127. The van der Waals surface area contributed by atoms with Crippen molar-refractivity contribution < 1.29 is 4.79 Å². The smallest absolute Gasteiger partial charge is 0.237 e. The van der Waals surface area contributed by atoms with Crippen LogP contribution in [0.1, 0.15) is 72.1 Å². The molecule has 1 saturated heterocycles. The molecule has 0 spiro atoms. The fraction of sp³-hybridized carbons (Fsp3) is 0.941. The van der Waals surface area contributed by atoms with Gasteiger partial charge in [-0.3, -0.25) is 9.69 Å². The number of carbonyl (C=O) groups is 1. The van der Waals surface area contributed by atoms with Crippen LogP contribution in [0.4, 0.5) is 0 Å². The van der Waals surface area contributed by atoms with Gasteiger partial charge in [0.25, 0.3) is 0 Å². The molecule has 21 heavy (non-hydrogen) atoms. The Bertz CT molecular complexity index is 358. The van der Waals surface area contributed by atoms with Gasteiger partial charge >= 0.3 is 0 Å². The Balaban J connectivity index is 2.12. The average Bonchev–Trinajstić information content (AvgIpc) is 2.62. The molecule has 4 heteroatoms. The quantitative estimate of drug-likeness (QED) is 0.837. The first kappa shape index (κ1) is 16.8. The zero-order valence-electron chi connectivity index (χ0n) is 14.0. The number of nitrogens with two attached hydrogens (primary N) is 1. The van der Waals surface area contributed by atoms with Crippen LogP contribution >= 0.6 is 0 Å². The summed E-state index contributed by atoms with van der Waals surface area (Å²) in [6.07, 6.45) is 9.34. The molecule has 1 aliphatic heterocycles. The molecular weight excluding hydrogens is 262 g/mol. The number of carbonyl (C=O) groups excluding carboxylic acids is 1. The van der Waals surface area contributed by atoms with Gasteiger partial charge in [0.05, 0.1) is 5.54 Å². The average molecular weight is 295 g/mol. The summed E-state index contributed by atoms with van der Waals surface area (Å²) >= 11 is 0. The summed E-state index contributed by atoms with van der Waals surface area (Å²) in [4.78, 5) is 14.8. The Morgan fingerprint density at radius 1 is 1.24 bits per heavy atom. The number of amides is 1. The van der Waals surface area contributed by atoms with E-state index < -0.39 is 5.54 Å². The van der Waals surface area contributed by atoms with E-state index in [-0.39, 0.29) is 11.9 Å². The molecular formula is C17H33N3O. The lowest BCUT2D eigenvalue weighted by atomic mass is 9.77. The van der Waals surface area contributed by atoms with E-state index in [0.29, 0.717) is 12.1 Å². The molecule has 4 nitrogen and oxygen atoms in total. The van der Waals surface area contributed by atoms with Gasteiger partial charge in [-0.1, -0.05) is 12.8 Å².